The number of likely N-dealkylation sites (tertiary alicyclic amines) is 1. The Balaban J connectivity index is 1.59. The van der Waals surface area contributed by atoms with Gasteiger partial charge in [-0.2, -0.15) is 5.26 Å². The van der Waals surface area contributed by atoms with Gasteiger partial charge in [-0.15, -0.1) is 0 Å². The molecule has 140 valence electrons. The highest BCUT2D eigenvalue weighted by Crippen LogP contribution is 2.24. The van der Waals surface area contributed by atoms with E-state index in [9.17, 15) is 10.1 Å². The molecule has 0 aliphatic carbocycles. The Morgan fingerprint density at radius 1 is 1.19 bits per heavy atom. The fraction of sp³-hybridized carbons (Fsp3) is 0.333. The maximum absolute atomic E-state index is 12.3. The molecule has 1 aromatic heterocycles. The number of furan rings is 1. The Kier molecular flexibility index (Phi) is 6.69. The fourth-order valence-corrected chi connectivity index (χ4v) is 3.37. The molecule has 0 radical (unpaired) electrons. The van der Waals surface area contributed by atoms with E-state index in [0.29, 0.717) is 23.1 Å². The van der Waals surface area contributed by atoms with Crippen LogP contribution in [0.2, 0.25) is 5.02 Å². The average molecular weight is 385 g/mol. The molecule has 1 fully saturated rings. The van der Waals surface area contributed by atoms with Crippen molar-refractivity contribution in [2.45, 2.75) is 19.3 Å². The summed E-state index contributed by atoms with van der Waals surface area (Å²) in [5.74, 6) is 0.760. The molecule has 2 heterocycles. The van der Waals surface area contributed by atoms with Gasteiger partial charge in [0.05, 0.1) is 26.2 Å². The predicted octanol–water partition coefficient (Wildman–Crippen LogP) is 2.69. The van der Waals surface area contributed by atoms with Crippen LogP contribution in [-0.2, 0) is 4.79 Å². The summed E-state index contributed by atoms with van der Waals surface area (Å²) in [6, 6.07) is 12.8. The molecule has 6 heteroatoms. The van der Waals surface area contributed by atoms with Gasteiger partial charge in [0, 0.05) is 16.7 Å². The Morgan fingerprint density at radius 2 is 1.93 bits per heavy atom. The van der Waals surface area contributed by atoms with Gasteiger partial charge in [-0.25, -0.2) is 0 Å². The molecule has 0 unspecified atom stereocenters. The van der Waals surface area contributed by atoms with Gasteiger partial charge in [0.15, 0.2) is 0 Å². The van der Waals surface area contributed by atoms with Gasteiger partial charge < -0.3 is 14.6 Å². The van der Waals surface area contributed by atoms with E-state index in [4.69, 9.17) is 16.0 Å². The van der Waals surface area contributed by atoms with Crippen molar-refractivity contribution in [1.29, 1.82) is 5.26 Å². The van der Waals surface area contributed by atoms with E-state index < -0.39 is 0 Å². The van der Waals surface area contributed by atoms with Crippen LogP contribution < -0.4 is 10.2 Å². The monoisotopic (exact) mass is 384 g/mol. The van der Waals surface area contributed by atoms with Crippen molar-refractivity contribution >= 4 is 23.6 Å². The second kappa shape index (κ2) is 9.40. The highest BCUT2D eigenvalue weighted by atomic mass is 35.5. The molecule has 1 aromatic carbocycles. The Labute approximate surface area is 164 Å². The van der Waals surface area contributed by atoms with Crippen molar-refractivity contribution in [3.05, 3.63) is 52.8 Å². The Morgan fingerprint density at radius 3 is 2.63 bits per heavy atom. The van der Waals surface area contributed by atoms with Gasteiger partial charge in [-0.05, 0) is 55.7 Å². The van der Waals surface area contributed by atoms with Crippen LogP contribution in [0.15, 0.2) is 46.4 Å². The SMILES string of the molecule is N#C/C(=C\c1ccc(-c2ccc(Cl)cc2)o1)C(=O)NCC[NH+]1CCCCC1. The number of piperidine rings is 1. The zero-order valence-electron chi connectivity index (χ0n) is 15.1. The molecule has 1 aliphatic heterocycles. The number of hydrogen-bond acceptors (Lipinski definition) is 3. The zero-order chi connectivity index (χ0) is 19.1. The molecule has 1 aliphatic rings. The van der Waals surface area contributed by atoms with Crippen molar-refractivity contribution in [3.63, 3.8) is 0 Å². The first-order chi connectivity index (χ1) is 13.2. The van der Waals surface area contributed by atoms with Crippen LogP contribution in [-0.4, -0.2) is 32.1 Å². The van der Waals surface area contributed by atoms with Crippen LogP contribution >= 0.6 is 11.6 Å². The topological polar surface area (TPSA) is 70.5 Å². The van der Waals surface area contributed by atoms with Crippen molar-refractivity contribution in [2.24, 2.45) is 0 Å². The molecular weight excluding hydrogens is 362 g/mol. The number of nitriles is 1. The summed E-state index contributed by atoms with van der Waals surface area (Å²) in [6.07, 6.45) is 5.28. The molecule has 27 heavy (non-hydrogen) atoms. The van der Waals surface area contributed by atoms with Crippen LogP contribution in [0.4, 0.5) is 0 Å². The maximum atomic E-state index is 12.3. The second-order valence-corrected chi connectivity index (χ2v) is 7.13. The molecule has 0 bridgehead atoms. The van der Waals surface area contributed by atoms with E-state index >= 15 is 0 Å². The lowest BCUT2D eigenvalue weighted by Gasteiger charge is -2.23. The largest absolute Gasteiger partial charge is 0.457 e. The fourth-order valence-electron chi connectivity index (χ4n) is 3.24. The summed E-state index contributed by atoms with van der Waals surface area (Å²) < 4.78 is 5.74. The predicted molar refractivity (Wildman–Crippen MR) is 105 cm³/mol. The lowest BCUT2D eigenvalue weighted by atomic mass is 10.1. The first kappa shape index (κ1) is 19.2. The van der Waals surface area contributed by atoms with Crippen LogP contribution in [0.1, 0.15) is 25.0 Å². The molecule has 0 saturated carbocycles. The number of halogens is 1. The quantitative estimate of drug-likeness (QED) is 0.594. The van der Waals surface area contributed by atoms with Gasteiger partial charge in [-0.3, -0.25) is 4.79 Å². The summed E-state index contributed by atoms with van der Waals surface area (Å²) in [5.41, 5.74) is 0.923. The normalized spacial score (nSPS) is 15.3. The van der Waals surface area contributed by atoms with E-state index in [-0.39, 0.29) is 11.5 Å². The van der Waals surface area contributed by atoms with E-state index in [1.54, 1.807) is 18.2 Å². The third-order valence-corrected chi connectivity index (χ3v) is 4.98. The summed E-state index contributed by atoms with van der Waals surface area (Å²) in [6.45, 7) is 3.79. The van der Waals surface area contributed by atoms with Crippen molar-refractivity contribution in [3.8, 4) is 17.4 Å². The third-order valence-electron chi connectivity index (χ3n) is 4.73. The number of amides is 1. The standard InChI is InChI=1S/C21H22ClN3O2/c22-18-6-4-16(5-7-18)20-9-8-19(27-20)14-17(15-23)21(26)24-10-13-25-11-2-1-3-12-25/h4-9,14H,1-3,10-13H2,(H,24,26)/p+1/b17-14+. The summed E-state index contributed by atoms with van der Waals surface area (Å²) in [5, 5.41) is 12.8. The second-order valence-electron chi connectivity index (χ2n) is 6.70. The maximum Gasteiger partial charge on any atom is 0.262 e. The van der Waals surface area contributed by atoms with Crippen LogP contribution in [0.3, 0.4) is 0 Å². The van der Waals surface area contributed by atoms with Gasteiger partial charge in [0.2, 0.25) is 0 Å². The smallest absolute Gasteiger partial charge is 0.262 e. The van der Waals surface area contributed by atoms with Crippen molar-refractivity contribution in [1.82, 2.24) is 5.32 Å². The highest BCUT2D eigenvalue weighted by molar-refractivity contribution is 6.30. The number of rotatable bonds is 6. The van der Waals surface area contributed by atoms with E-state index in [1.165, 1.54) is 30.2 Å². The van der Waals surface area contributed by atoms with Crippen molar-refractivity contribution < 1.29 is 14.1 Å². The van der Waals surface area contributed by atoms with Gasteiger partial charge in [0.25, 0.3) is 5.91 Å². The molecule has 3 rings (SSSR count). The number of quaternary nitrogens is 1. The number of benzene rings is 1. The molecule has 1 amide bonds. The van der Waals surface area contributed by atoms with Gasteiger partial charge in [0.1, 0.15) is 23.2 Å². The minimum atomic E-state index is -0.363. The molecule has 0 atom stereocenters. The molecule has 2 aromatic rings. The Hall–Kier alpha value is -2.55. The number of carbonyl (C=O) groups excluding carboxylic acids is 1. The number of carbonyl (C=O) groups is 1. The third kappa shape index (κ3) is 5.46. The highest BCUT2D eigenvalue weighted by Gasteiger charge is 2.15. The molecule has 1 saturated heterocycles. The minimum absolute atomic E-state index is 0.0423. The zero-order valence-corrected chi connectivity index (χ0v) is 15.9. The molecule has 2 N–H and O–H groups in total. The molecule has 5 nitrogen and oxygen atoms in total. The minimum Gasteiger partial charge on any atom is -0.457 e. The van der Waals surface area contributed by atoms with E-state index in [1.807, 2.05) is 24.3 Å². The summed E-state index contributed by atoms with van der Waals surface area (Å²) >= 11 is 5.90. The van der Waals surface area contributed by atoms with E-state index in [0.717, 1.165) is 25.2 Å². The number of nitrogens with zero attached hydrogens (tertiary/aromatic N) is 1. The Bertz CT molecular complexity index is 843. The van der Waals surface area contributed by atoms with E-state index in [2.05, 4.69) is 5.32 Å². The van der Waals surface area contributed by atoms with Gasteiger partial charge >= 0.3 is 0 Å². The van der Waals surface area contributed by atoms with Gasteiger partial charge in [-0.1, -0.05) is 11.6 Å². The lowest BCUT2D eigenvalue weighted by Crippen LogP contribution is -3.13. The van der Waals surface area contributed by atoms with Crippen LogP contribution in [0, 0.1) is 11.3 Å². The van der Waals surface area contributed by atoms with Crippen LogP contribution in [0.5, 0.6) is 0 Å². The lowest BCUT2D eigenvalue weighted by molar-refractivity contribution is -0.903. The van der Waals surface area contributed by atoms with Crippen molar-refractivity contribution in [2.75, 3.05) is 26.2 Å². The molecular formula is C21H23ClN3O2+. The number of nitrogens with one attached hydrogen (secondary N) is 2. The summed E-state index contributed by atoms with van der Waals surface area (Å²) in [4.78, 5) is 13.8. The van der Waals surface area contributed by atoms with Crippen LogP contribution in [0.25, 0.3) is 17.4 Å². The first-order valence-electron chi connectivity index (χ1n) is 9.25. The molecule has 0 spiro atoms. The first-order valence-corrected chi connectivity index (χ1v) is 9.63. The average Bonchev–Trinajstić information content (AvgIpc) is 3.16. The number of hydrogen-bond donors (Lipinski definition) is 2. The summed E-state index contributed by atoms with van der Waals surface area (Å²) in [7, 11) is 0.